The average molecular weight is 217 g/mol. The largest absolute Gasteiger partial charge is 0.481 e. The molecule has 0 aromatic carbocycles. The zero-order chi connectivity index (χ0) is 11.4. The van der Waals surface area contributed by atoms with Crippen molar-refractivity contribution in [3.05, 3.63) is 18.2 Å². The van der Waals surface area contributed by atoms with Crippen LogP contribution in [0.5, 0.6) is 5.88 Å². The summed E-state index contributed by atoms with van der Waals surface area (Å²) in [6.45, 7) is 1.80. The molecule has 0 unspecified atom stereocenters. The van der Waals surface area contributed by atoms with Gasteiger partial charge in [-0.25, -0.2) is 0 Å². The van der Waals surface area contributed by atoms with Crippen LogP contribution in [-0.2, 0) is 0 Å². The Balaban J connectivity index is 2.05. The van der Waals surface area contributed by atoms with E-state index in [1.807, 2.05) is 18.2 Å². The maximum atomic E-state index is 8.83. The fourth-order valence-corrected chi connectivity index (χ4v) is 1.93. The van der Waals surface area contributed by atoms with Crippen LogP contribution in [-0.4, -0.2) is 25.2 Å². The van der Waals surface area contributed by atoms with Crippen molar-refractivity contribution >= 4 is 5.82 Å². The van der Waals surface area contributed by atoms with Gasteiger partial charge in [0.25, 0.3) is 0 Å². The minimum Gasteiger partial charge on any atom is -0.481 e. The summed E-state index contributed by atoms with van der Waals surface area (Å²) in [7, 11) is 1.62. The second-order valence-electron chi connectivity index (χ2n) is 3.93. The molecular formula is C12H15N3O. The molecule has 1 fully saturated rings. The third-order valence-corrected chi connectivity index (χ3v) is 2.92. The first-order chi connectivity index (χ1) is 7.83. The van der Waals surface area contributed by atoms with E-state index in [1.165, 1.54) is 0 Å². The molecule has 0 bridgehead atoms. The Hall–Kier alpha value is -1.76. The van der Waals surface area contributed by atoms with Gasteiger partial charge in [-0.3, -0.25) is 0 Å². The van der Waals surface area contributed by atoms with Gasteiger partial charge in [-0.15, -0.1) is 0 Å². The Morgan fingerprint density at radius 3 is 2.81 bits per heavy atom. The van der Waals surface area contributed by atoms with E-state index in [4.69, 9.17) is 10.00 Å². The van der Waals surface area contributed by atoms with Crippen LogP contribution in [0.3, 0.4) is 0 Å². The fraction of sp³-hybridized carbons (Fsp3) is 0.500. The highest BCUT2D eigenvalue weighted by Gasteiger charge is 2.19. The van der Waals surface area contributed by atoms with Crippen LogP contribution >= 0.6 is 0 Å². The SMILES string of the molecule is COc1cccc(N2CCC(C#N)CC2)n1. The molecule has 4 heteroatoms. The number of hydrogen-bond acceptors (Lipinski definition) is 4. The summed E-state index contributed by atoms with van der Waals surface area (Å²) in [4.78, 5) is 6.59. The van der Waals surface area contributed by atoms with Crippen molar-refractivity contribution in [3.63, 3.8) is 0 Å². The summed E-state index contributed by atoms with van der Waals surface area (Å²) in [5, 5.41) is 8.83. The third-order valence-electron chi connectivity index (χ3n) is 2.92. The van der Waals surface area contributed by atoms with E-state index in [2.05, 4.69) is 16.0 Å². The monoisotopic (exact) mass is 217 g/mol. The zero-order valence-corrected chi connectivity index (χ0v) is 9.39. The second kappa shape index (κ2) is 4.84. The van der Waals surface area contributed by atoms with E-state index in [1.54, 1.807) is 7.11 Å². The highest BCUT2D eigenvalue weighted by Crippen LogP contribution is 2.22. The number of anilines is 1. The van der Waals surface area contributed by atoms with Crippen molar-refractivity contribution in [1.29, 1.82) is 5.26 Å². The molecule has 16 heavy (non-hydrogen) atoms. The molecule has 1 aliphatic heterocycles. The van der Waals surface area contributed by atoms with Crippen molar-refractivity contribution < 1.29 is 4.74 Å². The first-order valence-electron chi connectivity index (χ1n) is 5.49. The predicted molar refractivity (Wildman–Crippen MR) is 61.3 cm³/mol. The normalized spacial score (nSPS) is 16.9. The van der Waals surface area contributed by atoms with Gasteiger partial charge in [0.15, 0.2) is 0 Å². The maximum Gasteiger partial charge on any atom is 0.214 e. The molecule has 2 rings (SSSR count). The Bertz CT molecular complexity index is 391. The van der Waals surface area contributed by atoms with Gasteiger partial charge in [-0.2, -0.15) is 10.2 Å². The van der Waals surface area contributed by atoms with Crippen LogP contribution in [0.15, 0.2) is 18.2 Å². The minimum atomic E-state index is 0.210. The molecule has 0 aliphatic carbocycles. The lowest BCUT2D eigenvalue weighted by Crippen LogP contribution is -2.33. The molecule has 0 spiro atoms. The molecule has 1 saturated heterocycles. The number of rotatable bonds is 2. The lowest BCUT2D eigenvalue weighted by molar-refractivity contribution is 0.396. The Kier molecular flexibility index (Phi) is 3.25. The van der Waals surface area contributed by atoms with Gasteiger partial charge in [0.2, 0.25) is 5.88 Å². The minimum absolute atomic E-state index is 0.210. The van der Waals surface area contributed by atoms with Crippen molar-refractivity contribution in [2.24, 2.45) is 5.92 Å². The van der Waals surface area contributed by atoms with Crippen LogP contribution in [0.2, 0.25) is 0 Å². The van der Waals surface area contributed by atoms with E-state index >= 15 is 0 Å². The maximum absolute atomic E-state index is 8.83. The molecule has 0 saturated carbocycles. The smallest absolute Gasteiger partial charge is 0.214 e. The second-order valence-corrected chi connectivity index (χ2v) is 3.93. The average Bonchev–Trinajstić information content (AvgIpc) is 2.39. The van der Waals surface area contributed by atoms with Crippen LogP contribution in [0, 0.1) is 17.2 Å². The van der Waals surface area contributed by atoms with Gasteiger partial charge in [0, 0.05) is 25.1 Å². The number of piperidine rings is 1. The summed E-state index contributed by atoms with van der Waals surface area (Å²) in [5.74, 6) is 1.79. The van der Waals surface area contributed by atoms with Gasteiger partial charge in [-0.1, -0.05) is 6.07 Å². The van der Waals surface area contributed by atoms with Crippen molar-refractivity contribution in [3.8, 4) is 11.9 Å². The highest BCUT2D eigenvalue weighted by molar-refractivity contribution is 5.41. The van der Waals surface area contributed by atoms with Gasteiger partial charge >= 0.3 is 0 Å². The zero-order valence-electron chi connectivity index (χ0n) is 9.39. The van der Waals surface area contributed by atoms with Crippen LogP contribution < -0.4 is 9.64 Å². The summed E-state index contributed by atoms with van der Waals surface area (Å²) < 4.78 is 5.10. The van der Waals surface area contributed by atoms with Gasteiger partial charge in [0.05, 0.1) is 13.2 Å². The Morgan fingerprint density at radius 1 is 1.44 bits per heavy atom. The Morgan fingerprint density at radius 2 is 2.19 bits per heavy atom. The summed E-state index contributed by atoms with van der Waals surface area (Å²) in [6, 6.07) is 8.09. The van der Waals surface area contributed by atoms with E-state index in [0.717, 1.165) is 31.7 Å². The van der Waals surface area contributed by atoms with Gasteiger partial charge in [-0.05, 0) is 18.9 Å². The first-order valence-corrected chi connectivity index (χ1v) is 5.49. The van der Waals surface area contributed by atoms with Crippen molar-refractivity contribution in [2.45, 2.75) is 12.8 Å². The van der Waals surface area contributed by atoms with Crippen molar-refractivity contribution in [2.75, 3.05) is 25.1 Å². The molecule has 0 amide bonds. The summed E-state index contributed by atoms with van der Waals surface area (Å²) >= 11 is 0. The number of aromatic nitrogens is 1. The number of pyridine rings is 1. The van der Waals surface area contributed by atoms with E-state index in [0.29, 0.717) is 5.88 Å². The molecule has 0 N–H and O–H groups in total. The highest BCUT2D eigenvalue weighted by atomic mass is 16.5. The van der Waals surface area contributed by atoms with Gasteiger partial charge < -0.3 is 9.64 Å². The molecule has 1 aliphatic rings. The number of hydrogen-bond donors (Lipinski definition) is 0. The van der Waals surface area contributed by atoms with E-state index < -0.39 is 0 Å². The summed E-state index contributed by atoms with van der Waals surface area (Å²) in [6.07, 6.45) is 1.85. The van der Waals surface area contributed by atoms with Crippen LogP contribution in [0.1, 0.15) is 12.8 Å². The van der Waals surface area contributed by atoms with Gasteiger partial charge in [0.1, 0.15) is 5.82 Å². The third kappa shape index (κ3) is 2.25. The molecule has 84 valence electrons. The predicted octanol–water partition coefficient (Wildman–Crippen LogP) is 1.83. The fourth-order valence-electron chi connectivity index (χ4n) is 1.93. The molecule has 1 aromatic rings. The van der Waals surface area contributed by atoms with E-state index in [-0.39, 0.29) is 5.92 Å². The summed E-state index contributed by atoms with van der Waals surface area (Å²) in [5.41, 5.74) is 0. The number of nitrogens with zero attached hydrogens (tertiary/aromatic N) is 3. The lowest BCUT2D eigenvalue weighted by Gasteiger charge is -2.30. The molecule has 0 radical (unpaired) electrons. The van der Waals surface area contributed by atoms with Crippen molar-refractivity contribution in [1.82, 2.24) is 4.98 Å². The topological polar surface area (TPSA) is 49.1 Å². The number of ether oxygens (including phenoxy) is 1. The van der Waals surface area contributed by atoms with Crippen LogP contribution in [0.25, 0.3) is 0 Å². The quantitative estimate of drug-likeness (QED) is 0.758. The first kappa shape index (κ1) is 10.7. The molecule has 4 nitrogen and oxygen atoms in total. The van der Waals surface area contributed by atoms with Crippen LogP contribution in [0.4, 0.5) is 5.82 Å². The number of nitriles is 1. The lowest BCUT2D eigenvalue weighted by atomic mass is 9.99. The molecule has 2 heterocycles. The molecule has 1 aromatic heterocycles. The van der Waals surface area contributed by atoms with E-state index in [9.17, 15) is 0 Å². The molecule has 0 atom stereocenters. The molecular weight excluding hydrogens is 202 g/mol. The number of methoxy groups -OCH3 is 1. The standard InChI is InChI=1S/C12H15N3O/c1-16-12-4-2-3-11(14-12)15-7-5-10(9-13)6-8-15/h2-4,10H,5-8H2,1H3. The Labute approximate surface area is 95.5 Å².